The molecule has 2 heteroatoms. The van der Waals surface area contributed by atoms with Gasteiger partial charge in [0.05, 0.1) is 6.61 Å². The van der Waals surface area contributed by atoms with E-state index in [0.29, 0.717) is 0 Å². The van der Waals surface area contributed by atoms with E-state index in [4.69, 9.17) is 10.5 Å². The van der Waals surface area contributed by atoms with E-state index in [9.17, 15) is 0 Å². The summed E-state index contributed by atoms with van der Waals surface area (Å²) < 4.78 is 5.38. The molecule has 1 saturated carbocycles. The molecule has 0 aromatic heterocycles. The van der Waals surface area contributed by atoms with Gasteiger partial charge in [0.2, 0.25) is 0 Å². The Morgan fingerprint density at radius 3 is 2.47 bits per heavy atom. The maximum absolute atomic E-state index is 6.14. The molecule has 0 aliphatic heterocycles. The molecule has 0 amide bonds. The number of methoxy groups -OCH3 is 1. The fourth-order valence-electron chi connectivity index (χ4n) is 2.60. The van der Waals surface area contributed by atoms with Gasteiger partial charge in [0.1, 0.15) is 0 Å². The predicted octanol–water partition coefficient (Wildman–Crippen LogP) is 2.64. The Hall–Kier alpha value is -0.860. The van der Waals surface area contributed by atoms with Crippen molar-refractivity contribution < 1.29 is 4.74 Å². The normalized spacial score (nSPS) is 18.1. The fourth-order valence-corrected chi connectivity index (χ4v) is 2.60. The van der Waals surface area contributed by atoms with Gasteiger partial charge in [0, 0.05) is 18.1 Å². The number of nitrogens with two attached hydrogens (primary N) is 1. The van der Waals surface area contributed by atoms with Crippen molar-refractivity contribution in [2.24, 2.45) is 5.73 Å². The Kier molecular flexibility index (Phi) is 3.28. The van der Waals surface area contributed by atoms with E-state index < -0.39 is 0 Å². The van der Waals surface area contributed by atoms with Crippen LogP contribution in [0, 0.1) is 0 Å². The Morgan fingerprint density at radius 2 is 1.94 bits per heavy atom. The first-order chi connectivity index (χ1) is 7.97. The lowest BCUT2D eigenvalue weighted by Crippen LogP contribution is -2.35. The first-order valence-electron chi connectivity index (χ1n) is 6.33. The van der Waals surface area contributed by atoms with Gasteiger partial charge < -0.3 is 10.5 Å². The summed E-state index contributed by atoms with van der Waals surface area (Å²) >= 11 is 0. The van der Waals surface area contributed by atoms with Gasteiger partial charge in [-0.15, -0.1) is 0 Å². The first-order valence-corrected chi connectivity index (χ1v) is 6.33. The molecular formula is C15H23NO. The summed E-state index contributed by atoms with van der Waals surface area (Å²) in [5.74, 6) is 0. The van der Waals surface area contributed by atoms with Crippen molar-refractivity contribution in [2.45, 2.75) is 44.1 Å². The van der Waals surface area contributed by atoms with Gasteiger partial charge in [-0.3, -0.25) is 0 Å². The molecule has 2 rings (SSSR count). The smallest absolute Gasteiger partial charge is 0.0559 e. The van der Waals surface area contributed by atoms with Crippen molar-refractivity contribution in [1.82, 2.24) is 0 Å². The van der Waals surface area contributed by atoms with E-state index in [1.165, 1.54) is 24.0 Å². The molecule has 0 saturated heterocycles. The van der Waals surface area contributed by atoms with E-state index in [-0.39, 0.29) is 11.0 Å². The molecule has 1 aliphatic carbocycles. The average molecular weight is 233 g/mol. The maximum Gasteiger partial charge on any atom is 0.0559 e. The fraction of sp³-hybridized carbons (Fsp3) is 0.600. The Bertz CT molecular complexity index is 388. The second kappa shape index (κ2) is 4.43. The quantitative estimate of drug-likeness (QED) is 0.848. The van der Waals surface area contributed by atoms with Crippen LogP contribution in [0.4, 0.5) is 0 Å². The summed E-state index contributed by atoms with van der Waals surface area (Å²) in [6.45, 7) is 4.99. The van der Waals surface area contributed by atoms with Crippen molar-refractivity contribution in [3.63, 3.8) is 0 Å². The third kappa shape index (κ3) is 2.88. The zero-order chi connectivity index (χ0) is 12.5. The SMILES string of the molecule is COCC1(c2ccccc2CC(C)(C)N)CC1. The molecule has 0 unspecified atom stereocenters. The topological polar surface area (TPSA) is 35.2 Å². The van der Waals surface area contributed by atoms with Crippen molar-refractivity contribution >= 4 is 0 Å². The van der Waals surface area contributed by atoms with E-state index in [1.54, 1.807) is 7.11 Å². The zero-order valence-electron chi connectivity index (χ0n) is 11.1. The molecule has 94 valence electrons. The van der Waals surface area contributed by atoms with E-state index in [1.807, 2.05) is 0 Å². The number of ether oxygens (including phenoxy) is 1. The lowest BCUT2D eigenvalue weighted by Gasteiger charge is -2.24. The molecule has 1 aromatic carbocycles. The number of benzene rings is 1. The minimum Gasteiger partial charge on any atom is -0.384 e. The Balaban J connectivity index is 2.28. The van der Waals surface area contributed by atoms with Gasteiger partial charge in [0.15, 0.2) is 0 Å². The molecule has 17 heavy (non-hydrogen) atoms. The van der Waals surface area contributed by atoms with Crippen LogP contribution in [0.5, 0.6) is 0 Å². The van der Waals surface area contributed by atoms with Crippen LogP contribution in [0.1, 0.15) is 37.8 Å². The molecule has 0 radical (unpaired) electrons. The largest absolute Gasteiger partial charge is 0.384 e. The molecule has 2 N–H and O–H groups in total. The standard InChI is InChI=1S/C15H23NO/c1-14(2,16)10-12-6-4-5-7-13(12)15(8-9-15)11-17-3/h4-7H,8-11,16H2,1-3H3. The van der Waals surface area contributed by atoms with Crippen LogP contribution < -0.4 is 5.73 Å². The zero-order valence-corrected chi connectivity index (χ0v) is 11.1. The van der Waals surface area contributed by atoms with Crippen LogP contribution in [-0.2, 0) is 16.6 Å². The predicted molar refractivity (Wildman–Crippen MR) is 71.2 cm³/mol. The van der Waals surface area contributed by atoms with Gasteiger partial charge in [-0.2, -0.15) is 0 Å². The average Bonchev–Trinajstić information content (AvgIpc) is 2.98. The summed E-state index contributed by atoms with van der Waals surface area (Å²) in [5, 5.41) is 0. The third-order valence-electron chi connectivity index (χ3n) is 3.51. The lowest BCUT2D eigenvalue weighted by atomic mass is 9.86. The molecule has 1 fully saturated rings. The van der Waals surface area contributed by atoms with Crippen LogP contribution in [-0.4, -0.2) is 19.3 Å². The summed E-state index contributed by atoms with van der Waals surface area (Å²) in [6, 6.07) is 8.68. The second-order valence-corrected chi connectivity index (χ2v) is 6.04. The molecule has 2 nitrogen and oxygen atoms in total. The van der Waals surface area contributed by atoms with Crippen LogP contribution >= 0.6 is 0 Å². The molecule has 0 heterocycles. The summed E-state index contributed by atoms with van der Waals surface area (Å²) in [7, 11) is 1.79. The number of hydrogen-bond acceptors (Lipinski definition) is 2. The molecule has 1 aromatic rings. The molecule has 0 bridgehead atoms. The van der Waals surface area contributed by atoms with Gasteiger partial charge in [0.25, 0.3) is 0 Å². The van der Waals surface area contributed by atoms with Crippen molar-refractivity contribution in [3.8, 4) is 0 Å². The van der Waals surface area contributed by atoms with E-state index in [2.05, 4.69) is 38.1 Å². The van der Waals surface area contributed by atoms with Crippen LogP contribution in [0.3, 0.4) is 0 Å². The molecular weight excluding hydrogens is 210 g/mol. The highest BCUT2D eigenvalue weighted by Crippen LogP contribution is 2.49. The first kappa shape index (κ1) is 12.6. The van der Waals surface area contributed by atoms with Crippen molar-refractivity contribution in [1.29, 1.82) is 0 Å². The van der Waals surface area contributed by atoms with Crippen molar-refractivity contribution in [2.75, 3.05) is 13.7 Å². The van der Waals surface area contributed by atoms with E-state index >= 15 is 0 Å². The highest BCUT2D eigenvalue weighted by Gasteiger charge is 2.45. The van der Waals surface area contributed by atoms with Crippen LogP contribution in [0.2, 0.25) is 0 Å². The highest BCUT2D eigenvalue weighted by molar-refractivity contribution is 5.39. The van der Waals surface area contributed by atoms with Crippen LogP contribution in [0.15, 0.2) is 24.3 Å². The minimum absolute atomic E-state index is 0.154. The van der Waals surface area contributed by atoms with Crippen molar-refractivity contribution in [3.05, 3.63) is 35.4 Å². The third-order valence-corrected chi connectivity index (χ3v) is 3.51. The van der Waals surface area contributed by atoms with Gasteiger partial charge in [-0.1, -0.05) is 24.3 Å². The second-order valence-electron chi connectivity index (χ2n) is 6.04. The number of hydrogen-bond donors (Lipinski definition) is 1. The lowest BCUT2D eigenvalue weighted by molar-refractivity contribution is 0.171. The van der Waals surface area contributed by atoms with Gasteiger partial charge in [-0.05, 0) is 44.2 Å². The molecule has 0 atom stereocenters. The highest BCUT2D eigenvalue weighted by atomic mass is 16.5. The van der Waals surface area contributed by atoms with E-state index in [0.717, 1.165) is 13.0 Å². The van der Waals surface area contributed by atoms with Crippen LogP contribution in [0.25, 0.3) is 0 Å². The Labute approximate surface area is 104 Å². The van der Waals surface area contributed by atoms with Gasteiger partial charge in [-0.25, -0.2) is 0 Å². The number of rotatable bonds is 5. The molecule has 0 spiro atoms. The maximum atomic E-state index is 6.14. The molecule has 1 aliphatic rings. The Morgan fingerprint density at radius 1 is 1.29 bits per heavy atom. The summed E-state index contributed by atoms with van der Waals surface area (Å²) in [5.41, 5.74) is 9.09. The summed E-state index contributed by atoms with van der Waals surface area (Å²) in [4.78, 5) is 0. The monoisotopic (exact) mass is 233 g/mol. The minimum atomic E-state index is -0.154. The van der Waals surface area contributed by atoms with Gasteiger partial charge >= 0.3 is 0 Å². The summed E-state index contributed by atoms with van der Waals surface area (Å²) in [6.07, 6.45) is 3.40.